The zero-order valence-electron chi connectivity index (χ0n) is 16.5. The number of likely N-dealkylation sites (tertiary alicyclic amines) is 1. The van der Waals surface area contributed by atoms with Gasteiger partial charge in [0.15, 0.2) is 0 Å². The average Bonchev–Trinajstić information content (AvgIpc) is 3.17. The minimum absolute atomic E-state index is 0.261. The van der Waals surface area contributed by atoms with Gasteiger partial charge in [-0.05, 0) is 55.3 Å². The number of sulfonamides is 1. The Hall–Kier alpha value is -1.90. The monoisotopic (exact) mass is 479 g/mol. The third-order valence-electron chi connectivity index (χ3n) is 4.87. The molecule has 0 saturated carbocycles. The molecule has 1 amide bonds. The molecule has 8 heteroatoms. The third-order valence-corrected chi connectivity index (χ3v) is 6.50. The van der Waals surface area contributed by atoms with E-state index >= 15 is 0 Å². The molecule has 0 aromatic heterocycles. The largest absolute Gasteiger partial charge is 0.350 e. The summed E-state index contributed by atoms with van der Waals surface area (Å²) >= 11 is 3.34. The predicted molar refractivity (Wildman–Crippen MR) is 119 cm³/mol. The Morgan fingerprint density at radius 3 is 2.48 bits per heavy atom. The molecular formula is C21H26BrN3O3S. The maximum atomic E-state index is 12.5. The minimum atomic E-state index is -3.59. The highest BCUT2D eigenvalue weighted by Crippen LogP contribution is 2.22. The van der Waals surface area contributed by atoms with Crippen LogP contribution in [-0.2, 0) is 27.9 Å². The molecule has 0 spiro atoms. The summed E-state index contributed by atoms with van der Waals surface area (Å²) in [6.07, 6.45) is 3.61. The van der Waals surface area contributed by atoms with Crippen molar-refractivity contribution in [3.05, 3.63) is 64.1 Å². The first-order valence-corrected chi connectivity index (χ1v) is 12.3. The number of hydrogen-bond acceptors (Lipinski definition) is 4. The Kier molecular flexibility index (Phi) is 7.32. The molecule has 6 nitrogen and oxygen atoms in total. The summed E-state index contributed by atoms with van der Waals surface area (Å²) in [7, 11) is -3.59. The summed E-state index contributed by atoms with van der Waals surface area (Å²) in [5.74, 6) is -0.347. The van der Waals surface area contributed by atoms with Crippen molar-refractivity contribution < 1.29 is 13.2 Å². The van der Waals surface area contributed by atoms with Crippen molar-refractivity contribution in [1.82, 2.24) is 10.2 Å². The van der Waals surface area contributed by atoms with Gasteiger partial charge in [0, 0.05) is 17.6 Å². The van der Waals surface area contributed by atoms with E-state index in [0.717, 1.165) is 40.2 Å². The van der Waals surface area contributed by atoms with Crippen LogP contribution >= 0.6 is 15.9 Å². The van der Waals surface area contributed by atoms with Gasteiger partial charge in [-0.2, -0.15) is 0 Å². The number of rotatable bonds is 8. The van der Waals surface area contributed by atoms with Crippen LogP contribution in [0.15, 0.2) is 53.0 Å². The maximum absolute atomic E-state index is 12.5. The summed E-state index contributed by atoms with van der Waals surface area (Å²) in [6, 6.07) is 15.1. The molecule has 3 rings (SSSR count). The molecule has 156 valence electrons. The number of anilines is 1. The zero-order valence-corrected chi connectivity index (χ0v) is 18.9. The number of carbonyl (C=O) groups excluding carboxylic acids is 1. The van der Waals surface area contributed by atoms with Gasteiger partial charge in [0.25, 0.3) is 0 Å². The van der Waals surface area contributed by atoms with Gasteiger partial charge in [0.05, 0.1) is 11.9 Å². The quantitative estimate of drug-likeness (QED) is 0.631. The summed E-state index contributed by atoms with van der Waals surface area (Å²) in [4.78, 5) is 14.9. The van der Waals surface area contributed by atoms with Crippen LogP contribution in [0, 0.1) is 0 Å². The summed E-state index contributed by atoms with van der Waals surface area (Å²) < 4.78 is 26.2. The second-order valence-electron chi connectivity index (χ2n) is 7.33. The van der Waals surface area contributed by atoms with Gasteiger partial charge in [0.1, 0.15) is 6.54 Å². The van der Waals surface area contributed by atoms with E-state index < -0.39 is 10.0 Å². The van der Waals surface area contributed by atoms with Crippen LogP contribution in [0.5, 0.6) is 0 Å². The van der Waals surface area contributed by atoms with Crippen molar-refractivity contribution in [2.45, 2.75) is 25.9 Å². The topological polar surface area (TPSA) is 69.7 Å². The number of benzene rings is 2. The lowest BCUT2D eigenvalue weighted by Gasteiger charge is -2.22. The molecule has 2 aromatic rings. The molecule has 0 unspecified atom stereocenters. The van der Waals surface area contributed by atoms with Crippen molar-refractivity contribution in [3.8, 4) is 0 Å². The summed E-state index contributed by atoms with van der Waals surface area (Å²) in [6.45, 7) is 3.30. The van der Waals surface area contributed by atoms with E-state index in [-0.39, 0.29) is 12.5 Å². The number of nitrogens with zero attached hydrogens (tertiary/aromatic N) is 2. The first kappa shape index (κ1) is 21.8. The standard InChI is InChI=1S/C21H26BrN3O3S/c1-29(27,28)25(20-9-5-8-19(22)13-20)16-21(26)23-14-17-6-4-7-18(12-17)15-24-10-2-3-11-24/h4-9,12-13H,2-3,10-11,14-16H2,1H3,(H,23,26). The molecule has 1 aliphatic rings. The fourth-order valence-electron chi connectivity index (χ4n) is 3.46. The normalized spacial score (nSPS) is 14.7. The number of halogens is 1. The Balaban J connectivity index is 1.60. The Morgan fingerprint density at radius 1 is 1.10 bits per heavy atom. The molecule has 1 N–H and O–H groups in total. The van der Waals surface area contributed by atoms with Gasteiger partial charge in [-0.25, -0.2) is 8.42 Å². The lowest BCUT2D eigenvalue weighted by atomic mass is 10.1. The number of hydrogen-bond donors (Lipinski definition) is 1. The molecule has 0 radical (unpaired) electrons. The van der Waals surface area contributed by atoms with Gasteiger partial charge in [-0.1, -0.05) is 46.3 Å². The minimum Gasteiger partial charge on any atom is -0.350 e. The Labute approximate surface area is 181 Å². The van der Waals surface area contributed by atoms with Gasteiger partial charge >= 0.3 is 0 Å². The van der Waals surface area contributed by atoms with Crippen LogP contribution in [0.2, 0.25) is 0 Å². The van der Waals surface area contributed by atoms with Crippen LogP contribution in [0.3, 0.4) is 0 Å². The van der Waals surface area contributed by atoms with E-state index in [2.05, 4.69) is 38.3 Å². The third kappa shape index (κ3) is 6.55. The smallest absolute Gasteiger partial charge is 0.241 e. The molecule has 1 fully saturated rings. The van der Waals surface area contributed by atoms with Crippen molar-refractivity contribution >= 4 is 37.5 Å². The van der Waals surface area contributed by atoms with Crippen molar-refractivity contribution in [2.75, 3.05) is 30.2 Å². The van der Waals surface area contributed by atoms with Crippen LogP contribution in [0.1, 0.15) is 24.0 Å². The van der Waals surface area contributed by atoms with Crippen molar-refractivity contribution in [2.24, 2.45) is 0 Å². The Morgan fingerprint density at radius 2 is 1.79 bits per heavy atom. The zero-order chi connectivity index (χ0) is 20.9. The first-order valence-electron chi connectivity index (χ1n) is 9.61. The molecule has 1 aliphatic heterocycles. The molecule has 0 atom stereocenters. The van der Waals surface area contributed by atoms with E-state index in [9.17, 15) is 13.2 Å². The number of carbonyl (C=O) groups is 1. The predicted octanol–water partition coefficient (Wildman–Crippen LogP) is 3.13. The summed E-state index contributed by atoms with van der Waals surface area (Å²) in [5, 5.41) is 2.84. The molecule has 1 saturated heterocycles. The van der Waals surface area contributed by atoms with Crippen LogP contribution < -0.4 is 9.62 Å². The Bertz CT molecular complexity index is 959. The van der Waals surface area contributed by atoms with Crippen LogP contribution in [0.4, 0.5) is 5.69 Å². The van der Waals surface area contributed by atoms with Gasteiger partial charge in [-0.3, -0.25) is 14.0 Å². The lowest BCUT2D eigenvalue weighted by Crippen LogP contribution is -2.40. The highest BCUT2D eigenvalue weighted by atomic mass is 79.9. The van der Waals surface area contributed by atoms with E-state index in [1.807, 2.05) is 12.1 Å². The van der Waals surface area contributed by atoms with E-state index in [0.29, 0.717) is 12.2 Å². The van der Waals surface area contributed by atoms with E-state index in [1.165, 1.54) is 18.4 Å². The van der Waals surface area contributed by atoms with Gasteiger partial charge in [0.2, 0.25) is 15.9 Å². The molecule has 0 bridgehead atoms. The second-order valence-corrected chi connectivity index (χ2v) is 10.2. The fraction of sp³-hybridized carbons (Fsp3) is 0.381. The average molecular weight is 480 g/mol. The number of nitrogens with one attached hydrogen (secondary N) is 1. The van der Waals surface area contributed by atoms with E-state index in [4.69, 9.17) is 0 Å². The highest BCUT2D eigenvalue weighted by Gasteiger charge is 2.21. The lowest BCUT2D eigenvalue weighted by molar-refractivity contribution is -0.119. The summed E-state index contributed by atoms with van der Waals surface area (Å²) in [5.41, 5.74) is 2.68. The highest BCUT2D eigenvalue weighted by molar-refractivity contribution is 9.10. The molecular weight excluding hydrogens is 454 g/mol. The first-order chi connectivity index (χ1) is 13.8. The molecule has 2 aromatic carbocycles. The van der Waals surface area contributed by atoms with E-state index in [1.54, 1.807) is 24.3 Å². The van der Waals surface area contributed by atoms with Crippen molar-refractivity contribution in [3.63, 3.8) is 0 Å². The maximum Gasteiger partial charge on any atom is 0.241 e. The van der Waals surface area contributed by atoms with Crippen LogP contribution in [-0.4, -0.2) is 45.1 Å². The fourth-order valence-corrected chi connectivity index (χ4v) is 4.69. The van der Waals surface area contributed by atoms with Gasteiger partial charge in [-0.15, -0.1) is 0 Å². The van der Waals surface area contributed by atoms with Gasteiger partial charge < -0.3 is 5.32 Å². The second kappa shape index (κ2) is 9.73. The molecule has 1 heterocycles. The molecule has 0 aliphatic carbocycles. The van der Waals surface area contributed by atoms with Crippen LogP contribution in [0.25, 0.3) is 0 Å². The number of amides is 1. The van der Waals surface area contributed by atoms with Crippen molar-refractivity contribution in [1.29, 1.82) is 0 Å². The SMILES string of the molecule is CS(=O)(=O)N(CC(=O)NCc1cccc(CN2CCCC2)c1)c1cccc(Br)c1. The molecule has 29 heavy (non-hydrogen) atoms.